The van der Waals surface area contributed by atoms with Gasteiger partial charge in [0.05, 0.1) is 5.41 Å². The molecule has 0 radical (unpaired) electrons. The van der Waals surface area contributed by atoms with Gasteiger partial charge in [-0.2, -0.15) is 0 Å². The Balaban J connectivity index is 1.97. The summed E-state index contributed by atoms with van der Waals surface area (Å²) >= 11 is 0. The van der Waals surface area contributed by atoms with Gasteiger partial charge >= 0.3 is 5.97 Å². The zero-order chi connectivity index (χ0) is 11.9. The van der Waals surface area contributed by atoms with Crippen molar-refractivity contribution in [2.45, 2.75) is 38.5 Å². The first-order chi connectivity index (χ1) is 8.22. The van der Waals surface area contributed by atoms with E-state index in [1.54, 1.807) is 0 Å². The molecular formula is C15H18O2. The molecule has 0 amide bonds. The van der Waals surface area contributed by atoms with Gasteiger partial charge in [-0.05, 0) is 42.7 Å². The summed E-state index contributed by atoms with van der Waals surface area (Å²) in [5.74, 6) is -0.201. The van der Waals surface area contributed by atoms with E-state index in [4.69, 9.17) is 0 Å². The van der Waals surface area contributed by atoms with Crippen LogP contribution in [0.3, 0.4) is 0 Å². The van der Waals surface area contributed by atoms with Crippen molar-refractivity contribution in [2.75, 3.05) is 0 Å². The van der Waals surface area contributed by atoms with Gasteiger partial charge < -0.3 is 5.11 Å². The average Bonchev–Trinajstić information content (AvgIpc) is 2.96. The van der Waals surface area contributed by atoms with Crippen molar-refractivity contribution < 1.29 is 9.90 Å². The first kappa shape index (κ1) is 10.8. The van der Waals surface area contributed by atoms with Gasteiger partial charge in [0.2, 0.25) is 0 Å². The van der Waals surface area contributed by atoms with Crippen LogP contribution in [0.25, 0.3) is 0 Å². The minimum Gasteiger partial charge on any atom is -0.481 e. The molecule has 2 aliphatic rings. The molecule has 1 fully saturated rings. The van der Waals surface area contributed by atoms with Crippen LogP contribution in [-0.4, -0.2) is 11.1 Å². The van der Waals surface area contributed by atoms with Gasteiger partial charge in [0.15, 0.2) is 0 Å². The van der Waals surface area contributed by atoms with Crippen LogP contribution >= 0.6 is 0 Å². The molecule has 0 saturated heterocycles. The highest BCUT2D eigenvalue weighted by Crippen LogP contribution is 2.49. The smallest absolute Gasteiger partial charge is 0.310 e. The molecule has 0 spiro atoms. The lowest BCUT2D eigenvalue weighted by molar-refractivity contribution is -0.152. The number of hydrogen-bond donors (Lipinski definition) is 1. The first-order valence-electron chi connectivity index (χ1n) is 6.52. The van der Waals surface area contributed by atoms with E-state index in [9.17, 15) is 9.90 Å². The lowest BCUT2D eigenvalue weighted by atomic mass is 9.72. The molecule has 0 bridgehead atoms. The van der Waals surface area contributed by atoms with Crippen molar-refractivity contribution in [2.24, 2.45) is 11.3 Å². The van der Waals surface area contributed by atoms with Gasteiger partial charge in [-0.15, -0.1) is 0 Å². The van der Waals surface area contributed by atoms with Crippen LogP contribution in [0.5, 0.6) is 0 Å². The molecule has 2 nitrogen and oxygen atoms in total. The Labute approximate surface area is 102 Å². The molecule has 0 atom stereocenters. The number of carboxylic acid groups (broad SMARTS) is 1. The van der Waals surface area contributed by atoms with Crippen LogP contribution in [0.2, 0.25) is 0 Å². The number of fused-ring (bicyclic) bond motifs is 1. The molecule has 17 heavy (non-hydrogen) atoms. The highest BCUT2D eigenvalue weighted by molar-refractivity contribution is 5.77. The Morgan fingerprint density at radius 1 is 1.12 bits per heavy atom. The second-order valence-electron chi connectivity index (χ2n) is 5.56. The van der Waals surface area contributed by atoms with Crippen LogP contribution in [0, 0.1) is 11.3 Å². The highest BCUT2D eigenvalue weighted by atomic mass is 16.4. The molecule has 90 valence electrons. The molecule has 2 heteroatoms. The molecule has 0 aromatic heterocycles. The topological polar surface area (TPSA) is 37.3 Å². The molecule has 1 N–H and O–H groups in total. The monoisotopic (exact) mass is 230 g/mol. The molecule has 1 saturated carbocycles. The summed E-state index contributed by atoms with van der Waals surface area (Å²) in [6.07, 6.45) is 6.08. The van der Waals surface area contributed by atoms with Crippen LogP contribution in [0.1, 0.15) is 36.8 Å². The molecule has 0 heterocycles. The Kier molecular flexibility index (Phi) is 2.46. The predicted octanol–water partition coefficient (Wildman–Crippen LogP) is 3.05. The second kappa shape index (κ2) is 3.86. The third-order valence-electron chi connectivity index (χ3n) is 4.69. The van der Waals surface area contributed by atoms with Crippen molar-refractivity contribution >= 4 is 5.97 Å². The fourth-order valence-corrected chi connectivity index (χ4v) is 3.74. The maximum Gasteiger partial charge on any atom is 0.310 e. The van der Waals surface area contributed by atoms with E-state index in [1.165, 1.54) is 24.0 Å². The summed E-state index contributed by atoms with van der Waals surface area (Å²) in [6, 6.07) is 8.22. The first-order valence-corrected chi connectivity index (χ1v) is 6.52. The van der Waals surface area contributed by atoms with Crippen LogP contribution in [-0.2, 0) is 17.6 Å². The molecule has 3 rings (SSSR count). The largest absolute Gasteiger partial charge is 0.481 e. The summed E-state index contributed by atoms with van der Waals surface area (Å²) in [7, 11) is 0. The summed E-state index contributed by atoms with van der Waals surface area (Å²) in [4.78, 5) is 11.8. The van der Waals surface area contributed by atoms with E-state index in [0.29, 0.717) is 5.92 Å². The van der Waals surface area contributed by atoms with Crippen LogP contribution in [0.4, 0.5) is 0 Å². The quantitative estimate of drug-likeness (QED) is 0.847. The minimum absolute atomic E-state index is 0.382. The Hall–Kier alpha value is -1.31. The van der Waals surface area contributed by atoms with Crippen LogP contribution in [0.15, 0.2) is 24.3 Å². The fraction of sp³-hybridized carbons (Fsp3) is 0.533. The van der Waals surface area contributed by atoms with E-state index in [1.807, 2.05) is 12.1 Å². The van der Waals surface area contributed by atoms with E-state index >= 15 is 0 Å². The Morgan fingerprint density at radius 2 is 1.65 bits per heavy atom. The van der Waals surface area contributed by atoms with Gasteiger partial charge in [-0.1, -0.05) is 37.1 Å². The number of rotatable bonds is 2. The highest BCUT2D eigenvalue weighted by Gasteiger charge is 2.50. The maximum absolute atomic E-state index is 11.8. The Bertz CT molecular complexity index is 419. The molecule has 1 aromatic rings. The molecular weight excluding hydrogens is 212 g/mol. The number of aliphatic carboxylic acids is 1. The third-order valence-corrected chi connectivity index (χ3v) is 4.69. The molecule has 0 unspecified atom stereocenters. The molecule has 2 aliphatic carbocycles. The molecule has 0 aliphatic heterocycles. The van der Waals surface area contributed by atoms with E-state index in [0.717, 1.165) is 25.7 Å². The average molecular weight is 230 g/mol. The van der Waals surface area contributed by atoms with E-state index < -0.39 is 11.4 Å². The van der Waals surface area contributed by atoms with E-state index in [2.05, 4.69) is 12.1 Å². The summed E-state index contributed by atoms with van der Waals surface area (Å²) in [6.45, 7) is 0. The number of carboxylic acids is 1. The van der Waals surface area contributed by atoms with Gasteiger partial charge in [0, 0.05) is 0 Å². The van der Waals surface area contributed by atoms with Crippen molar-refractivity contribution in [3.8, 4) is 0 Å². The van der Waals surface area contributed by atoms with E-state index in [-0.39, 0.29) is 0 Å². The Morgan fingerprint density at radius 3 is 2.12 bits per heavy atom. The standard InChI is InChI=1S/C15H18O2/c16-14(17)15(13-7-3-4-8-13)9-11-5-1-2-6-12(11)10-15/h1-2,5-6,13H,3-4,7-10H2,(H,16,17). The zero-order valence-electron chi connectivity index (χ0n) is 9.98. The normalized spacial score (nSPS) is 22.6. The minimum atomic E-state index is -0.583. The van der Waals surface area contributed by atoms with Crippen molar-refractivity contribution in [3.05, 3.63) is 35.4 Å². The van der Waals surface area contributed by atoms with Gasteiger partial charge in [-0.25, -0.2) is 0 Å². The lowest BCUT2D eigenvalue weighted by Gasteiger charge is -2.30. The zero-order valence-corrected chi connectivity index (χ0v) is 9.98. The van der Waals surface area contributed by atoms with Crippen molar-refractivity contribution in [1.82, 2.24) is 0 Å². The molecule has 1 aromatic carbocycles. The van der Waals surface area contributed by atoms with Crippen molar-refractivity contribution in [1.29, 1.82) is 0 Å². The second-order valence-corrected chi connectivity index (χ2v) is 5.56. The van der Waals surface area contributed by atoms with Gasteiger partial charge in [-0.3, -0.25) is 4.79 Å². The summed E-state index contributed by atoms with van der Waals surface area (Å²) in [5, 5.41) is 9.70. The predicted molar refractivity (Wildman–Crippen MR) is 65.9 cm³/mol. The summed E-state index contributed by atoms with van der Waals surface area (Å²) < 4.78 is 0. The lowest BCUT2D eigenvalue weighted by Crippen LogP contribution is -2.38. The third kappa shape index (κ3) is 1.58. The number of carbonyl (C=O) groups is 1. The fourth-order valence-electron chi connectivity index (χ4n) is 3.74. The number of benzene rings is 1. The van der Waals surface area contributed by atoms with Gasteiger partial charge in [0.25, 0.3) is 0 Å². The maximum atomic E-state index is 11.8. The van der Waals surface area contributed by atoms with Crippen molar-refractivity contribution in [3.63, 3.8) is 0 Å². The van der Waals surface area contributed by atoms with Crippen LogP contribution < -0.4 is 0 Å². The number of hydrogen-bond acceptors (Lipinski definition) is 1. The summed E-state index contributed by atoms with van der Waals surface area (Å²) in [5.41, 5.74) is 2.00. The SMILES string of the molecule is O=C(O)C1(C2CCCC2)Cc2ccccc2C1. The van der Waals surface area contributed by atoms with Gasteiger partial charge in [0.1, 0.15) is 0 Å².